The van der Waals surface area contributed by atoms with Gasteiger partial charge < -0.3 is 4.57 Å². The zero-order valence-corrected chi connectivity index (χ0v) is 15.1. The molecule has 3 heterocycles. The molecule has 7 heteroatoms. The van der Waals surface area contributed by atoms with E-state index >= 15 is 0 Å². The molecule has 0 aliphatic carbocycles. The molecule has 21 heavy (non-hydrogen) atoms. The molecule has 0 saturated heterocycles. The Balaban J connectivity index is 2.16. The van der Waals surface area contributed by atoms with Crippen LogP contribution in [0.4, 0.5) is 0 Å². The number of halogens is 3. The molecule has 110 valence electrons. The molecular weight excluding hydrogens is 393 g/mol. The van der Waals surface area contributed by atoms with E-state index in [1.54, 1.807) is 17.5 Å². The van der Waals surface area contributed by atoms with Crippen LogP contribution in [0, 0.1) is 0 Å². The average molecular weight is 405 g/mol. The third-order valence-corrected chi connectivity index (χ3v) is 5.30. The van der Waals surface area contributed by atoms with E-state index in [-0.39, 0.29) is 6.04 Å². The maximum atomic E-state index is 6.06. The van der Waals surface area contributed by atoms with E-state index in [9.17, 15) is 0 Å². The lowest BCUT2D eigenvalue weighted by Crippen LogP contribution is -2.10. The Labute approximate surface area is 145 Å². The number of thiophene rings is 1. The van der Waals surface area contributed by atoms with Gasteiger partial charge in [-0.3, -0.25) is 0 Å². The van der Waals surface area contributed by atoms with Gasteiger partial charge in [-0.1, -0.05) is 11.6 Å². The summed E-state index contributed by atoms with van der Waals surface area (Å²) in [6.45, 7) is 2.13. The highest BCUT2D eigenvalue weighted by atomic mass is 79.9. The van der Waals surface area contributed by atoms with Crippen LogP contribution < -0.4 is 0 Å². The van der Waals surface area contributed by atoms with Gasteiger partial charge in [0.2, 0.25) is 0 Å². The molecular formula is C14H12BrCl2N3S. The van der Waals surface area contributed by atoms with Gasteiger partial charge in [0.1, 0.15) is 11.3 Å². The monoisotopic (exact) mass is 403 g/mol. The van der Waals surface area contributed by atoms with Gasteiger partial charge in [-0.05, 0) is 41.1 Å². The minimum absolute atomic E-state index is 0.124. The molecule has 3 nitrogen and oxygen atoms in total. The number of aryl methyl sites for hydroxylation is 1. The fourth-order valence-corrected chi connectivity index (χ4v) is 3.94. The van der Waals surface area contributed by atoms with Gasteiger partial charge >= 0.3 is 0 Å². The predicted molar refractivity (Wildman–Crippen MR) is 92.8 cm³/mol. The molecule has 0 spiro atoms. The molecule has 0 aliphatic rings. The molecule has 0 amide bonds. The van der Waals surface area contributed by atoms with E-state index in [0.717, 1.165) is 25.8 Å². The number of nitrogens with zero attached hydrogens (tertiary/aromatic N) is 3. The second kappa shape index (κ2) is 6.24. The molecule has 0 aromatic carbocycles. The van der Waals surface area contributed by atoms with E-state index in [2.05, 4.69) is 37.4 Å². The lowest BCUT2D eigenvalue weighted by molar-refractivity contribution is 0.628. The Hall–Kier alpha value is -0.620. The zero-order chi connectivity index (χ0) is 15.0. The summed E-state index contributed by atoms with van der Waals surface area (Å²) in [7, 11) is 0. The van der Waals surface area contributed by atoms with Crippen LogP contribution in [0.5, 0.6) is 0 Å². The molecule has 3 aromatic heterocycles. The van der Waals surface area contributed by atoms with Crippen molar-refractivity contribution in [3.63, 3.8) is 0 Å². The molecule has 0 radical (unpaired) electrons. The van der Waals surface area contributed by atoms with E-state index in [1.807, 2.05) is 18.2 Å². The number of imidazole rings is 1. The van der Waals surface area contributed by atoms with Crippen LogP contribution in [-0.4, -0.2) is 20.4 Å². The lowest BCUT2D eigenvalue weighted by Gasteiger charge is -2.15. The number of pyridine rings is 1. The highest BCUT2D eigenvalue weighted by molar-refractivity contribution is 9.10. The number of hydrogen-bond acceptors (Lipinski definition) is 3. The van der Waals surface area contributed by atoms with Crippen molar-refractivity contribution in [1.82, 2.24) is 14.5 Å². The van der Waals surface area contributed by atoms with Gasteiger partial charge in [-0.2, -0.15) is 0 Å². The van der Waals surface area contributed by atoms with Crippen molar-refractivity contribution < 1.29 is 0 Å². The number of hydrogen-bond donors (Lipinski definition) is 0. The van der Waals surface area contributed by atoms with Gasteiger partial charge in [0, 0.05) is 27.8 Å². The number of alkyl halides is 1. The molecule has 0 fully saturated rings. The SMILES string of the molecule is CC(c1ccc(Cl)s1)n1c(CCCl)nc2cc(Br)cnc21. The summed E-state index contributed by atoms with van der Waals surface area (Å²) in [4.78, 5) is 10.4. The fraction of sp³-hybridized carbons (Fsp3) is 0.286. The Morgan fingerprint density at radius 1 is 1.43 bits per heavy atom. The normalized spacial score (nSPS) is 13.0. The Kier molecular flexibility index (Phi) is 4.54. The second-order valence-corrected chi connectivity index (χ2v) is 7.69. The molecule has 0 N–H and O–H groups in total. The zero-order valence-electron chi connectivity index (χ0n) is 11.2. The van der Waals surface area contributed by atoms with Crippen LogP contribution in [0.1, 0.15) is 23.7 Å². The van der Waals surface area contributed by atoms with Gasteiger partial charge in [0.25, 0.3) is 0 Å². The molecule has 1 unspecified atom stereocenters. The van der Waals surface area contributed by atoms with E-state index in [0.29, 0.717) is 12.3 Å². The van der Waals surface area contributed by atoms with E-state index < -0.39 is 0 Å². The first-order valence-electron chi connectivity index (χ1n) is 6.43. The van der Waals surface area contributed by atoms with E-state index in [1.165, 1.54) is 4.88 Å². The number of rotatable bonds is 4. The van der Waals surface area contributed by atoms with Crippen molar-refractivity contribution in [2.24, 2.45) is 0 Å². The largest absolute Gasteiger partial charge is 0.304 e. The molecule has 0 aliphatic heterocycles. The summed E-state index contributed by atoms with van der Waals surface area (Å²) in [6, 6.07) is 6.07. The Morgan fingerprint density at radius 2 is 2.24 bits per heavy atom. The van der Waals surface area contributed by atoms with Gasteiger partial charge in [0.15, 0.2) is 5.65 Å². The van der Waals surface area contributed by atoms with Crippen molar-refractivity contribution >= 4 is 61.6 Å². The first-order chi connectivity index (χ1) is 10.1. The Morgan fingerprint density at radius 3 is 2.90 bits per heavy atom. The van der Waals surface area contributed by atoms with Crippen molar-refractivity contribution in [2.45, 2.75) is 19.4 Å². The molecule has 0 bridgehead atoms. The van der Waals surface area contributed by atoms with Crippen molar-refractivity contribution in [3.05, 3.63) is 43.9 Å². The lowest BCUT2D eigenvalue weighted by atomic mass is 10.2. The molecule has 3 rings (SSSR count). The van der Waals surface area contributed by atoms with Crippen LogP contribution in [0.25, 0.3) is 11.2 Å². The summed E-state index contributed by atoms with van der Waals surface area (Å²) in [5, 5.41) is 0. The summed E-state index contributed by atoms with van der Waals surface area (Å²) < 4.78 is 3.85. The minimum atomic E-state index is 0.124. The van der Waals surface area contributed by atoms with Crippen LogP contribution in [0.2, 0.25) is 4.34 Å². The minimum Gasteiger partial charge on any atom is -0.304 e. The molecule has 1 atom stereocenters. The summed E-state index contributed by atoms with van der Waals surface area (Å²) in [5.74, 6) is 1.48. The summed E-state index contributed by atoms with van der Waals surface area (Å²) in [6.07, 6.45) is 2.50. The van der Waals surface area contributed by atoms with Crippen LogP contribution >= 0.6 is 50.5 Å². The number of fused-ring (bicyclic) bond motifs is 1. The smallest absolute Gasteiger partial charge is 0.160 e. The highest BCUT2D eigenvalue weighted by Crippen LogP contribution is 2.32. The quantitative estimate of drug-likeness (QED) is 0.552. The van der Waals surface area contributed by atoms with E-state index in [4.69, 9.17) is 23.2 Å². The average Bonchev–Trinajstić information content (AvgIpc) is 3.01. The first kappa shape index (κ1) is 15.3. The maximum absolute atomic E-state index is 6.06. The van der Waals surface area contributed by atoms with Crippen LogP contribution in [-0.2, 0) is 6.42 Å². The van der Waals surface area contributed by atoms with Crippen LogP contribution in [0.15, 0.2) is 28.9 Å². The van der Waals surface area contributed by atoms with Crippen molar-refractivity contribution in [3.8, 4) is 0 Å². The van der Waals surface area contributed by atoms with Crippen molar-refractivity contribution in [2.75, 3.05) is 5.88 Å². The Bertz CT molecular complexity index is 784. The fourth-order valence-electron chi connectivity index (χ4n) is 2.35. The van der Waals surface area contributed by atoms with Crippen LogP contribution in [0.3, 0.4) is 0 Å². The van der Waals surface area contributed by atoms with Crippen molar-refractivity contribution in [1.29, 1.82) is 0 Å². The second-order valence-electron chi connectivity index (χ2n) is 4.65. The molecule has 3 aromatic rings. The maximum Gasteiger partial charge on any atom is 0.160 e. The third-order valence-electron chi connectivity index (χ3n) is 3.28. The predicted octanol–water partition coefficient (Wildman–Crippen LogP) is 5.30. The third kappa shape index (κ3) is 2.97. The topological polar surface area (TPSA) is 30.7 Å². The molecule has 0 saturated carbocycles. The number of aromatic nitrogens is 3. The first-order valence-corrected chi connectivity index (χ1v) is 8.96. The summed E-state index contributed by atoms with van der Waals surface area (Å²) >= 11 is 17.0. The standard InChI is InChI=1S/C14H12BrCl2N3S/c1-8(11-2-3-12(17)21-11)20-13(4-5-16)19-10-6-9(15)7-18-14(10)20/h2-3,6-8H,4-5H2,1H3. The summed E-state index contributed by atoms with van der Waals surface area (Å²) in [5.41, 5.74) is 1.74. The highest BCUT2D eigenvalue weighted by Gasteiger charge is 2.19. The van der Waals surface area contributed by atoms with Gasteiger partial charge in [-0.15, -0.1) is 22.9 Å². The van der Waals surface area contributed by atoms with Gasteiger partial charge in [-0.25, -0.2) is 9.97 Å². The van der Waals surface area contributed by atoms with Gasteiger partial charge in [0.05, 0.1) is 10.4 Å².